The van der Waals surface area contributed by atoms with E-state index in [1.165, 1.54) is 11.1 Å². The lowest BCUT2D eigenvalue weighted by Crippen LogP contribution is -2.05. The molecule has 0 N–H and O–H groups in total. The van der Waals surface area contributed by atoms with Crippen LogP contribution in [0.2, 0.25) is 0 Å². The van der Waals surface area contributed by atoms with E-state index < -0.39 is 0 Å². The minimum atomic E-state index is 0.336. The van der Waals surface area contributed by atoms with Crippen molar-refractivity contribution in [1.82, 2.24) is 0 Å². The summed E-state index contributed by atoms with van der Waals surface area (Å²) in [6.07, 6.45) is 1.38. The molecule has 0 fully saturated rings. The summed E-state index contributed by atoms with van der Waals surface area (Å²) >= 11 is 3.73. The quantitative estimate of drug-likeness (QED) is 0.734. The number of hydrogen-bond acceptors (Lipinski definition) is 1. The molecule has 0 spiro atoms. The summed E-state index contributed by atoms with van der Waals surface area (Å²) in [6, 6.07) is 6.54. The van der Waals surface area contributed by atoms with Crippen LogP contribution in [-0.4, -0.2) is 6.10 Å². The summed E-state index contributed by atoms with van der Waals surface area (Å²) in [7, 11) is 0. The predicted octanol–water partition coefficient (Wildman–Crippen LogP) is 4.10. The number of halogens is 1. The summed E-state index contributed by atoms with van der Waals surface area (Å²) in [5.41, 5.74) is 2.71. The van der Waals surface area contributed by atoms with E-state index in [1.54, 1.807) is 0 Å². The van der Waals surface area contributed by atoms with Crippen molar-refractivity contribution in [2.24, 2.45) is 5.92 Å². The van der Waals surface area contributed by atoms with Gasteiger partial charge in [-0.05, 0) is 30.0 Å². The van der Waals surface area contributed by atoms with Gasteiger partial charge in [0.15, 0.2) is 0 Å². The molecule has 82 valence electrons. The minimum absolute atomic E-state index is 0.336. The molecule has 2 atom stereocenters. The van der Waals surface area contributed by atoms with Crippen LogP contribution >= 0.6 is 15.9 Å². The Morgan fingerprint density at radius 1 is 1.40 bits per heavy atom. The van der Waals surface area contributed by atoms with Crippen LogP contribution in [-0.2, 0) is 6.42 Å². The van der Waals surface area contributed by atoms with Crippen molar-refractivity contribution in [1.29, 1.82) is 0 Å². The Bertz CT molecular complexity index is 360. The van der Waals surface area contributed by atoms with Gasteiger partial charge in [-0.15, -0.1) is 0 Å². The highest BCUT2D eigenvalue weighted by Gasteiger charge is 2.21. The van der Waals surface area contributed by atoms with Gasteiger partial charge < -0.3 is 4.74 Å². The molecule has 2 unspecified atom stereocenters. The van der Waals surface area contributed by atoms with E-state index in [4.69, 9.17) is 4.74 Å². The number of ether oxygens (including phenoxy) is 1. The van der Waals surface area contributed by atoms with Crippen LogP contribution in [0.4, 0.5) is 0 Å². The van der Waals surface area contributed by atoms with Gasteiger partial charge in [0.2, 0.25) is 0 Å². The van der Waals surface area contributed by atoms with Crippen molar-refractivity contribution in [2.75, 3.05) is 0 Å². The van der Waals surface area contributed by atoms with Crippen molar-refractivity contribution in [3.05, 3.63) is 29.3 Å². The highest BCUT2D eigenvalue weighted by molar-refractivity contribution is 9.09. The average Bonchev–Trinajstić information content (AvgIpc) is 2.55. The highest BCUT2D eigenvalue weighted by Crippen LogP contribution is 2.36. The van der Waals surface area contributed by atoms with Crippen molar-refractivity contribution in [2.45, 2.75) is 38.1 Å². The molecule has 0 amide bonds. The zero-order valence-corrected chi connectivity index (χ0v) is 11.0. The highest BCUT2D eigenvalue weighted by atomic mass is 79.9. The lowest BCUT2D eigenvalue weighted by molar-refractivity contribution is 0.254. The zero-order chi connectivity index (χ0) is 11.0. The van der Waals surface area contributed by atoms with Gasteiger partial charge in [-0.2, -0.15) is 0 Å². The standard InChI is InChI=1S/C13H17BrO/c1-8(2)13(14)10-4-5-12-11(7-10)6-9(3)15-12/h4-5,7-9,13H,6H2,1-3H3. The van der Waals surface area contributed by atoms with E-state index in [-0.39, 0.29) is 0 Å². The van der Waals surface area contributed by atoms with E-state index in [9.17, 15) is 0 Å². The lowest BCUT2D eigenvalue weighted by Gasteiger charge is -2.14. The Balaban J connectivity index is 2.27. The maximum atomic E-state index is 5.69. The SMILES string of the molecule is CC1Cc2cc(C(Br)C(C)C)ccc2O1. The topological polar surface area (TPSA) is 9.23 Å². The maximum absolute atomic E-state index is 5.69. The Morgan fingerprint density at radius 3 is 2.80 bits per heavy atom. The molecule has 1 aliphatic rings. The number of fused-ring (bicyclic) bond motifs is 1. The maximum Gasteiger partial charge on any atom is 0.123 e. The monoisotopic (exact) mass is 268 g/mol. The van der Waals surface area contributed by atoms with Crippen molar-refractivity contribution in [3.8, 4) is 5.75 Å². The molecule has 15 heavy (non-hydrogen) atoms. The van der Waals surface area contributed by atoms with Crippen molar-refractivity contribution < 1.29 is 4.74 Å². The van der Waals surface area contributed by atoms with Crippen LogP contribution in [0, 0.1) is 5.92 Å². The van der Waals surface area contributed by atoms with E-state index in [2.05, 4.69) is 54.9 Å². The molecule has 2 heteroatoms. The first-order valence-corrected chi connectivity index (χ1v) is 6.43. The van der Waals surface area contributed by atoms with E-state index in [0.717, 1.165) is 12.2 Å². The molecule has 0 radical (unpaired) electrons. The third-order valence-electron chi connectivity index (χ3n) is 2.82. The molecule has 1 aromatic carbocycles. The Morgan fingerprint density at radius 2 is 2.13 bits per heavy atom. The molecular weight excluding hydrogens is 252 g/mol. The summed E-state index contributed by atoms with van der Waals surface area (Å²) in [4.78, 5) is 0.443. The first-order valence-electron chi connectivity index (χ1n) is 5.51. The number of rotatable bonds is 2. The molecule has 0 saturated carbocycles. The fourth-order valence-electron chi connectivity index (χ4n) is 2.00. The van der Waals surface area contributed by atoms with Crippen LogP contribution in [0.5, 0.6) is 5.75 Å². The molecule has 1 nitrogen and oxygen atoms in total. The fraction of sp³-hybridized carbons (Fsp3) is 0.538. The Kier molecular flexibility index (Phi) is 3.06. The second kappa shape index (κ2) is 4.17. The Labute approximate surface area is 100.0 Å². The molecular formula is C13H17BrO. The molecule has 0 saturated heterocycles. The van der Waals surface area contributed by atoms with Crippen LogP contribution in [0.15, 0.2) is 18.2 Å². The van der Waals surface area contributed by atoms with Crippen LogP contribution in [0.3, 0.4) is 0 Å². The summed E-state index contributed by atoms with van der Waals surface area (Å²) in [5, 5.41) is 0. The second-order valence-corrected chi connectivity index (χ2v) is 5.63. The van der Waals surface area contributed by atoms with Crippen LogP contribution < -0.4 is 4.74 Å². The van der Waals surface area contributed by atoms with E-state index >= 15 is 0 Å². The first kappa shape index (κ1) is 11.0. The predicted molar refractivity (Wildman–Crippen MR) is 66.7 cm³/mol. The number of alkyl halides is 1. The van der Waals surface area contributed by atoms with Gasteiger partial charge >= 0.3 is 0 Å². The number of benzene rings is 1. The summed E-state index contributed by atoms with van der Waals surface area (Å²) in [6.45, 7) is 6.57. The van der Waals surface area contributed by atoms with Gasteiger partial charge in [-0.1, -0.05) is 41.9 Å². The van der Waals surface area contributed by atoms with E-state index in [1.807, 2.05) is 0 Å². The van der Waals surface area contributed by atoms with Gasteiger partial charge in [0.1, 0.15) is 11.9 Å². The smallest absolute Gasteiger partial charge is 0.123 e. The average molecular weight is 269 g/mol. The molecule has 1 heterocycles. The van der Waals surface area contributed by atoms with Gasteiger partial charge in [-0.3, -0.25) is 0 Å². The normalized spacial score (nSPS) is 21.3. The fourth-order valence-corrected chi connectivity index (χ4v) is 2.28. The number of hydrogen-bond donors (Lipinski definition) is 0. The lowest BCUT2D eigenvalue weighted by atomic mass is 9.99. The van der Waals surface area contributed by atoms with Gasteiger partial charge in [-0.25, -0.2) is 0 Å². The molecule has 2 rings (SSSR count). The molecule has 0 bridgehead atoms. The van der Waals surface area contributed by atoms with E-state index in [0.29, 0.717) is 16.8 Å². The third kappa shape index (κ3) is 2.20. The molecule has 1 aromatic rings. The Hall–Kier alpha value is -0.500. The summed E-state index contributed by atoms with van der Waals surface area (Å²) in [5.74, 6) is 1.68. The first-order chi connectivity index (χ1) is 7.08. The van der Waals surface area contributed by atoms with Crippen LogP contribution in [0.25, 0.3) is 0 Å². The molecule has 0 aromatic heterocycles. The molecule has 1 aliphatic heterocycles. The van der Waals surface area contributed by atoms with Gasteiger partial charge in [0, 0.05) is 11.2 Å². The van der Waals surface area contributed by atoms with Gasteiger partial charge in [0.05, 0.1) is 0 Å². The zero-order valence-electron chi connectivity index (χ0n) is 9.46. The van der Waals surface area contributed by atoms with Crippen molar-refractivity contribution >= 4 is 15.9 Å². The third-order valence-corrected chi connectivity index (χ3v) is 4.41. The van der Waals surface area contributed by atoms with Crippen molar-refractivity contribution in [3.63, 3.8) is 0 Å². The van der Waals surface area contributed by atoms with Crippen LogP contribution in [0.1, 0.15) is 36.7 Å². The van der Waals surface area contributed by atoms with Gasteiger partial charge in [0.25, 0.3) is 0 Å². The largest absolute Gasteiger partial charge is 0.490 e. The second-order valence-electron chi connectivity index (χ2n) is 4.65. The molecule has 0 aliphatic carbocycles. The summed E-state index contributed by atoms with van der Waals surface area (Å²) < 4.78 is 5.69. The minimum Gasteiger partial charge on any atom is -0.490 e.